The number of ether oxygens (including phenoxy) is 1. The molecule has 0 aliphatic heterocycles. The number of carbonyl (C=O) groups excluding carboxylic acids is 1. The van der Waals surface area contributed by atoms with Crippen molar-refractivity contribution >= 4 is 5.91 Å². The quantitative estimate of drug-likeness (QED) is 0.642. The Morgan fingerprint density at radius 2 is 2.23 bits per heavy atom. The summed E-state index contributed by atoms with van der Waals surface area (Å²) in [6.07, 6.45) is 0. The van der Waals surface area contributed by atoms with Crippen molar-refractivity contribution in [3.63, 3.8) is 0 Å². The molecule has 0 rings (SSSR count). The highest BCUT2D eigenvalue weighted by atomic mass is 16.5. The second kappa shape index (κ2) is 6.86. The number of nitrogens with one attached hydrogen (secondary N) is 1. The van der Waals surface area contributed by atoms with Gasteiger partial charge in [-0.3, -0.25) is 4.79 Å². The normalized spacial score (nSPS) is 12.6. The van der Waals surface area contributed by atoms with Crippen LogP contribution in [-0.4, -0.2) is 50.7 Å². The van der Waals surface area contributed by atoms with Crippen LogP contribution in [0.2, 0.25) is 0 Å². The number of methoxy groups -OCH3 is 1. The maximum Gasteiger partial charge on any atom is 0.239 e. The van der Waals surface area contributed by atoms with E-state index in [0.717, 1.165) is 6.54 Å². The lowest BCUT2D eigenvalue weighted by Crippen LogP contribution is -2.44. The first-order valence-corrected chi connectivity index (χ1v) is 4.62. The standard InChI is InChI=1S/C9H20N2O2/c1-5-11(6-7-13-4)9(12)8(2)10-3/h8,10H,5-7H2,1-4H3. The van der Waals surface area contributed by atoms with E-state index in [-0.39, 0.29) is 11.9 Å². The molecule has 0 aromatic carbocycles. The smallest absolute Gasteiger partial charge is 0.239 e. The van der Waals surface area contributed by atoms with Crippen LogP contribution in [0.15, 0.2) is 0 Å². The van der Waals surface area contributed by atoms with Crippen molar-refractivity contribution < 1.29 is 9.53 Å². The summed E-state index contributed by atoms with van der Waals surface area (Å²) in [5.74, 6) is 0.127. The van der Waals surface area contributed by atoms with Gasteiger partial charge in [0.15, 0.2) is 0 Å². The molecular formula is C9H20N2O2. The van der Waals surface area contributed by atoms with Gasteiger partial charge in [-0.15, -0.1) is 0 Å². The van der Waals surface area contributed by atoms with Crippen molar-refractivity contribution in [2.24, 2.45) is 0 Å². The van der Waals surface area contributed by atoms with E-state index in [0.29, 0.717) is 13.2 Å². The Morgan fingerprint density at radius 1 is 1.62 bits per heavy atom. The molecule has 0 saturated carbocycles. The number of likely N-dealkylation sites (N-methyl/N-ethyl adjacent to an activating group) is 2. The number of nitrogens with zero attached hydrogens (tertiary/aromatic N) is 1. The van der Waals surface area contributed by atoms with Crippen molar-refractivity contribution in [2.75, 3.05) is 33.9 Å². The van der Waals surface area contributed by atoms with Gasteiger partial charge in [-0.1, -0.05) is 0 Å². The second-order valence-electron chi connectivity index (χ2n) is 2.92. The van der Waals surface area contributed by atoms with Gasteiger partial charge >= 0.3 is 0 Å². The summed E-state index contributed by atoms with van der Waals surface area (Å²) in [5, 5.41) is 2.92. The first kappa shape index (κ1) is 12.4. The molecule has 0 aliphatic rings. The Hall–Kier alpha value is -0.610. The van der Waals surface area contributed by atoms with Crippen LogP contribution in [0.1, 0.15) is 13.8 Å². The van der Waals surface area contributed by atoms with E-state index in [1.165, 1.54) is 0 Å². The van der Waals surface area contributed by atoms with E-state index >= 15 is 0 Å². The third-order valence-corrected chi connectivity index (χ3v) is 2.06. The van der Waals surface area contributed by atoms with Crippen LogP contribution in [0.4, 0.5) is 0 Å². The van der Waals surface area contributed by atoms with Crippen molar-refractivity contribution in [1.82, 2.24) is 10.2 Å². The molecule has 78 valence electrons. The zero-order chi connectivity index (χ0) is 10.3. The van der Waals surface area contributed by atoms with Crippen molar-refractivity contribution in [1.29, 1.82) is 0 Å². The molecule has 0 spiro atoms. The minimum absolute atomic E-state index is 0.114. The van der Waals surface area contributed by atoms with E-state index in [9.17, 15) is 4.79 Å². The lowest BCUT2D eigenvalue weighted by molar-refractivity contribution is -0.133. The van der Waals surface area contributed by atoms with Crippen LogP contribution in [0.3, 0.4) is 0 Å². The predicted molar refractivity (Wildman–Crippen MR) is 52.7 cm³/mol. The lowest BCUT2D eigenvalue weighted by Gasteiger charge is -2.23. The molecule has 1 N–H and O–H groups in total. The fraction of sp³-hybridized carbons (Fsp3) is 0.889. The van der Waals surface area contributed by atoms with Crippen LogP contribution < -0.4 is 5.32 Å². The fourth-order valence-electron chi connectivity index (χ4n) is 1.02. The molecule has 0 fully saturated rings. The molecule has 4 heteroatoms. The molecule has 13 heavy (non-hydrogen) atoms. The van der Waals surface area contributed by atoms with E-state index < -0.39 is 0 Å². The summed E-state index contributed by atoms with van der Waals surface area (Å²) >= 11 is 0. The summed E-state index contributed by atoms with van der Waals surface area (Å²) in [6, 6.07) is -0.114. The third kappa shape index (κ3) is 4.24. The molecule has 0 bridgehead atoms. The largest absolute Gasteiger partial charge is 0.383 e. The third-order valence-electron chi connectivity index (χ3n) is 2.06. The zero-order valence-electron chi connectivity index (χ0n) is 8.96. The summed E-state index contributed by atoms with van der Waals surface area (Å²) in [7, 11) is 3.42. The summed E-state index contributed by atoms with van der Waals surface area (Å²) in [4.78, 5) is 13.4. The number of hydrogen-bond donors (Lipinski definition) is 1. The Bertz CT molecular complexity index is 151. The van der Waals surface area contributed by atoms with Gasteiger partial charge in [-0.2, -0.15) is 0 Å². The average Bonchev–Trinajstić information content (AvgIpc) is 2.17. The number of hydrogen-bond acceptors (Lipinski definition) is 3. The van der Waals surface area contributed by atoms with E-state index in [1.54, 1.807) is 19.1 Å². The van der Waals surface area contributed by atoms with Gasteiger partial charge in [-0.25, -0.2) is 0 Å². The van der Waals surface area contributed by atoms with Crippen molar-refractivity contribution in [3.8, 4) is 0 Å². The molecule has 0 aliphatic carbocycles. The van der Waals surface area contributed by atoms with Gasteiger partial charge in [0.25, 0.3) is 0 Å². The Balaban J connectivity index is 3.98. The monoisotopic (exact) mass is 188 g/mol. The van der Waals surface area contributed by atoms with Crippen LogP contribution >= 0.6 is 0 Å². The van der Waals surface area contributed by atoms with Gasteiger partial charge in [0.2, 0.25) is 5.91 Å². The summed E-state index contributed by atoms with van der Waals surface area (Å²) in [6.45, 7) is 5.82. The number of amides is 1. The topological polar surface area (TPSA) is 41.6 Å². The Kier molecular flexibility index (Phi) is 6.54. The van der Waals surface area contributed by atoms with Gasteiger partial charge in [-0.05, 0) is 20.9 Å². The predicted octanol–water partition coefficient (Wildman–Crippen LogP) is 0.0892. The maximum atomic E-state index is 11.6. The summed E-state index contributed by atoms with van der Waals surface area (Å²) < 4.78 is 4.92. The highest BCUT2D eigenvalue weighted by Gasteiger charge is 2.16. The molecule has 1 amide bonds. The first-order chi connectivity index (χ1) is 6.17. The average molecular weight is 188 g/mol. The molecule has 4 nitrogen and oxygen atoms in total. The lowest BCUT2D eigenvalue weighted by atomic mass is 10.3. The van der Waals surface area contributed by atoms with Crippen LogP contribution in [0.25, 0.3) is 0 Å². The van der Waals surface area contributed by atoms with Crippen LogP contribution in [0, 0.1) is 0 Å². The highest BCUT2D eigenvalue weighted by molar-refractivity contribution is 5.81. The molecule has 1 atom stereocenters. The first-order valence-electron chi connectivity index (χ1n) is 4.62. The molecule has 0 saturated heterocycles. The summed E-state index contributed by atoms with van der Waals surface area (Å²) in [5.41, 5.74) is 0. The Morgan fingerprint density at radius 3 is 2.62 bits per heavy atom. The SMILES string of the molecule is CCN(CCOC)C(=O)C(C)NC. The van der Waals surface area contributed by atoms with Gasteiger partial charge in [0, 0.05) is 20.2 Å². The minimum Gasteiger partial charge on any atom is -0.383 e. The molecular weight excluding hydrogens is 168 g/mol. The van der Waals surface area contributed by atoms with Crippen molar-refractivity contribution in [2.45, 2.75) is 19.9 Å². The zero-order valence-corrected chi connectivity index (χ0v) is 8.96. The van der Waals surface area contributed by atoms with Crippen LogP contribution in [-0.2, 0) is 9.53 Å². The maximum absolute atomic E-state index is 11.6. The van der Waals surface area contributed by atoms with Crippen LogP contribution in [0.5, 0.6) is 0 Å². The Labute approximate surface area is 80.2 Å². The molecule has 0 aromatic rings. The van der Waals surface area contributed by atoms with Gasteiger partial charge < -0.3 is 15.0 Å². The molecule has 0 aromatic heterocycles. The number of rotatable bonds is 6. The second-order valence-corrected chi connectivity index (χ2v) is 2.92. The van der Waals surface area contributed by atoms with E-state index in [4.69, 9.17) is 4.74 Å². The molecule has 0 heterocycles. The van der Waals surface area contributed by atoms with Gasteiger partial charge in [0.1, 0.15) is 0 Å². The van der Waals surface area contributed by atoms with E-state index in [1.807, 2.05) is 13.8 Å². The number of carbonyl (C=O) groups is 1. The fourth-order valence-corrected chi connectivity index (χ4v) is 1.02. The molecule has 1 unspecified atom stereocenters. The minimum atomic E-state index is -0.114. The molecule has 0 radical (unpaired) electrons. The van der Waals surface area contributed by atoms with Crippen molar-refractivity contribution in [3.05, 3.63) is 0 Å². The van der Waals surface area contributed by atoms with Gasteiger partial charge in [0.05, 0.1) is 12.6 Å². The van der Waals surface area contributed by atoms with E-state index in [2.05, 4.69) is 5.32 Å². The highest BCUT2D eigenvalue weighted by Crippen LogP contribution is 1.94.